The molecule has 0 radical (unpaired) electrons. The molecule has 108 valence electrons. The van der Waals surface area contributed by atoms with Crippen LogP contribution in [0, 0.1) is 5.92 Å². The van der Waals surface area contributed by atoms with Crippen LogP contribution in [0.3, 0.4) is 0 Å². The molecule has 0 N–H and O–H groups in total. The van der Waals surface area contributed by atoms with Gasteiger partial charge in [-0.1, -0.05) is 36.4 Å². The summed E-state index contributed by atoms with van der Waals surface area (Å²) in [6, 6.07) is 5.19. The van der Waals surface area contributed by atoms with Crippen molar-refractivity contribution in [2.24, 2.45) is 5.92 Å². The topological polar surface area (TPSA) is 0 Å². The molecule has 0 spiro atoms. The van der Waals surface area contributed by atoms with E-state index in [2.05, 4.69) is 12.3 Å². The summed E-state index contributed by atoms with van der Waals surface area (Å²) in [5.74, 6) is 0.657. The minimum atomic E-state index is -4.26. The highest BCUT2D eigenvalue weighted by molar-refractivity contribution is 7.99. The van der Waals surface area contributed by atoms with Gasteiger partial charge in [-0.15, -0.1) is 0 Å². The lowest BCUT2D eigenvalue weighted by atomic mass is 9.84. The third-order valence-electron chi connectivity index (χ3n) is 3.49. The normalized spacial score (nSPS) is 23.4. The molecule has 1 aromatic carbocycles. The number of alkyl halides is 3. The van der Waals surface area contributed by atoms with Crippen LogP contribution in [-0.4, -0.2) is 11.5 Å². The number of hydrogen-bond donors (Lipinski definition) is 0. The molecule has 0 nitrogen and oxygen atoms in total. The zero-order valence-corrected chi connectivity index (χ0v) is 12.0. The number of thioether (sulfide) groups is 1. The van der Waals surface area contributed by atoms with E-state index >= 15 is 0 Å². The van der Waals surface area contributed by atoms with Gasteiger partial charge in [-0.3, -0.25) is 0 Å². The maximum absolute atomic E-state index is 12.4. The third kappa shape index (κ3) is 4.17. The summed E-state index contributed by atoms with van der Waals surface area (Å²) >= 11 is 1.91. The monoisotopic (exact) mass is 298 g/mol. The standard InChI is InChI=1S/C16H17F3S/c1-20-15-10-13(11-15)5-3-2-4-12-6-8-14(9-7-12)16(17,18)19/h2-9,13,15H,10-11H2,1H3/b4-2+,5-3+. The zero-order chi connectivity index (χ0) is 14.6. The van der Waals surface area contributed by atoms with Gasteiger partial charge in [0.25, 0.3) is 0 Å². The number of rotatable bonds is 4. The fourth-order valence-corrected chi connectivity index (χ4v) is 3.01. The molecule has 0 atom stereocenters. The molecule has 1 aliphatic rings. The van der Waals surface area contributed by atoms with E-state index < -0.39 is 11.7 Å². The van der Waals surface area contributed by atoms with Crippen LogP contribution < -0.4 is 0 Å². The maximum Gasteiger partial charge on any atom is 0.416 e. The Bertz CT molecular complexity index is 479. The lowest BCUT2D eigenvalue weighted by Crippen LogP contribution is -2.23. The van der Waals surface area contributed by atoms with Crippen molar-refractivity contribution in [3.63, 3.8) is 0 Å². The van der Waals surface area contributed by atoms with Crippen LogP contribution in [0.2, 0.25) is 0 Å². The third-order valence-corrected chi connectivity index (χ3v) is 4.54. The van der Waals surface area contributed by atoms with Crippen LogP contribution in [0.5, 0.6) is 0 Å². The van der Waals surface area contributed by atoms with Crippen LogP contribution in [0.15, 0.2) is 42.5 Å². The summed E-state index contributed by atoms with van der Waals surface area (Å²) in [5.41, 5.74) is 0.168. The Labute approximate surface area is 121 Å². The van der Waals surface area contributed by atoms with E-state index in [1.807, 2.05) is 30.0 Å². The molecule has 1 aliphatic carbocycles. The van der Waals surface area contributed by atoms with Gasteiger partial charge in [-0.05, 0) is 42.7 Å². The number of halogens is 3. The number of hydrogen-bond acceptors (Lipinski definition) is 1. The fraction of sp³-hybridized carbons (Fsp3) is 0.375. The van der Waals surface area contributed by atoms with E-state index in [4.69, 9.17) is 0 Å². The molecule has 0 aliphatic heterocycles. The smallest absolute Gasteiger partial charge is 0.166 e. The molecule has 1 saturated carbocycles. The SMILES string of the molecule is CSC1CC(/C=C/C=C/c2ccc(C(F)(F)F)cc2)C1. The summed E-state index contributed by atoms with van der Waals surface area (Å²) in [7, 11) is 0. The lowest BCUT2D eigenvalue weighted by molar-refractivity contribution is -0.137. The highest BCUT2D eigenvalue weighted by Gasteiger charge is 2.29. The number of allylic oxidation sites excluding steroid dienone is 3. The lowest BCUT2D eigenvalue weighted by Gasteiger charge is -2.31. The second-order valence-corrected chi connectivity index (χ2v) is 6.09. The largest absolute Gasteiger partial charge is 0.416 e. The molecule has 1 fully saturated rings. The van der Waals surface area contributed by atoms with E-state index in [1.165, 1.54) is 25.0 Å². The fourth-order valence-electron chi connectivity index (χ4n) is 2.13. The van der Waals surface area contributed by atoms with Gasteiger partial charge in [-0.25, -0.2) is 0 Å². The van der Waals surface area contributed by atoms with E-state index in [0.29, 0.717) is 5.92 Å². The van der Waals surface area contributed by atoms with Crippen molar-refractivity contribution in [1.82, 2.24) is 0 Å². The Morgan fingerprint density at radius 3 is 2.30 bits per heavy atom. The second kappa shape index (κ2) is 6.53. The molecule has 20 heavy (non-hydrogen) atoms. The minimum Gasteiger partial charge on any atom is -0.166 e. The van der Waals surface area contributed by atoms with Gasteiger partial charge < -0.3 is 0 Å². The summed E-state index contributed by atoms with van der Waals surface area (Å²) in [6.45, 7) is 0. The van der Waals surface area contributed by atoms with Gasteiger partial charge in [0.1, 0.15) is 0 Å². The van der Waals surface area contributed by atoms with Crippen LogP contribution >= 0.6 is 11.8 Å². The molecule has 1 aromatic rings. The van der Waals surface area contributed by atoms with Crippen LogP contribution in [0.4, 0.5) is 13.2 Å². The van der Waals surface area contributed by atoms with Crippen molar-refractivity contribution in [1.29, 1.82) is 0 Å². The van der Waals surface area contributed by atoms with Gasteiger partial charge in [0.2, 0.25) is 0 Å². The molecule has 0 aromatic heterocycles. The van der Waals surface area contributed by atoms with Crippen molar-refractivity contribution in [3.05, 3.63) is 53.6 Å². The van der Waals surface area contributed by atoms with Crippen LogP contribution in [0.25, 0.3) is 6.08 Å². The van der Waals surface area contributed by atoms with E-state index in [9.17, 15) is 13.2 Å². The first-order chi connectivity index (χ1) is 9.49. The zero-order valence-electron chi connectivity index (χ0n) is 11.2. The Morgan fingerprint density at radius 1 is 1.10 bits per heavy atom. The Balaban J connectivity index is 1.84. The molecular formula is C16H17F3S. The molecule has 0 unspecified atom stereocenters. The van der Waals surface area contributed by atoms with Gasteiger partial charge in [0.15, 0.2) is 0 Å². The van der Waals surface area contributed by atoms with Crippen molar-refractivity contribution in [2.45, 2.75) is 24.3 Å². The van der Waals surface area contributed by atoms with Crippen molar-refractivity contribution < 1.29 is 13.2 Å². The highest BCUT2D eigenvalue weighted by Crippen LogP contribution is 2.36. The quantitative estimate of drug-likeness (QED) is 0.669. The molecule has 4 heteroatoms. The van der Waals surface area contributed by atoms with Gasteiger partial charge >= 0.3 is 6.18 Å². The average molecular weight is 298 g/mol. The summed E-state index contributed by atoms with van der Waals surface area (Å²) < 4.78 is 37.2. The van der Waals surface area contributed by atoms with Crippen molar-refractivity contribution >= 4 is 17.8 Å². The van der Waals surface area contributed by atoms with Gasteiger partial charge in [0.05, 0.1) is 5.56 Å². The molecule has 2 rings (SSSR count). The van der Waals surface area contributed by atoms with Gasteiger partial charge in [-0.2, -0.15) is 24.9 Å². The second-order valence-electron chi connectivity index (χ2n) is 4.95. The molecule has 0 bridgehead atoms. The molecule has 0 saturated heterocycles. The summed E-state index contributed by atoms with van der Waals surface area (Å²) in [5, 5.41) is 0.795. The van der Waals surface area contributed by atoms with E-state index in [-0.39, 0.29) is 0 Å². The first kappa shape index (κ1) is 15.2. The minimum absolute atomic E-state index is 0.609. The first-order valence-electron chi connectivity index (χ1n) is 6.54. The highest BCUT2D eigenvalue weighted by atomic mass is 32.2. The van der Waals surface area contributed by atoms with E-state index in [0.717, 1.165) is 22.9 Å². The molecular weight excluding hydrogens is 281 g/mol. The Kier molecular flexibility index (Phi) is 4.97. The molecule has 0 heterocycles. The maximum atomic E-state index is 12.4. The summed E-state index contributed by atoms with van der Waals surface area (Å²) in [4.78, 5) is 0. The Hall–Kier alpha value is -1.16. The first-order valence-corrected chi connectivity index (χ1v) is 7.83. The van der Waals surface area contributed by atoms with Crippen LogP contribution in [-0.2, 0) is 6.18 Å². The van der Waals surface area contributed by atoms with Gasteiger partial charge in [0, 0.05) is 5.25 Å². The van der Waals surface area contributed by atoms with E-state index in [1.54, 1.807) is 0 Å². The average Bonchev–Trinajstić information content (AvgIpc) is 2.36. The molecule has 0 amide bonds. The summed E-state index contributed by atoms with van der Waals surface area (Å²) in [6.07, 6.45) is 8.19. The van der Waals surface area contributed by atoms with Crippen molar-refractivity contribution in [3.8, 4) is 0 Å². The Morgan fingerprint density at radius 2 is 1.75 bits per heavy atom. The predicted molar refractivity (Wildman–Crippen MR) is 79.6 cm³/mol. The van der Waals surface area contributed by atoms with Crippen LogP contribution in [0.1, 0.15) is 24.0 Å². The van der Waals surface area contributed by atoms with Crippen molar-refractivity contribution in [2.75, 3.05) is 6.26 Å². The number of benzene rings is 1. The predicted octanol–water partition coefficient (Wildman–Crippen LogP) is 5.42.